The molecule has 1 aliphatic rings. The number of nitrogens with one attached hydrogen (secondary N) is 3. The molecule has 14 heteroatoms. The summed E-state index contributed by atoms with van der Waals surface area (Å²) in [5.41, 5.74) is 7.05. The predicted octanol–water partition coefficient (Wildman–Crippen LogP) is 0.338. The number of anilines is 3. The summed E-state index contributed by atoms with van der Waals surface area (Å²) < 4.78 is 15.4. The number of nitrogen functional groups attached to an aromatic ring is 1. The number of amides is 2. The molecule has 182 valence electrons. The molecule has 3 aromatic rings. The molecule has 35 heavy (non-hydrogen) atoms. The van der Waals surface area contributed by atoms with Gasteiger partial charge in [-0.3, -0.25) is 19.9 Å². The van der Waals surface area contributed by atoms with E-state index >= 15 is 0 Å². The number of methoxy groups -OCH3 is 1. The van der Waals surface area contributed by atoms with E-state index in [-0.39, 0.29) is 36.1 Å². The highest BCUT2D eigenvalue weighted by atomic mass is 16.5. The number of ether oxygens (including phenoxy) is 2. The van der Waals surface area contributed by atoms with Crippen molar-refractivity contribution in [3.05, 3.63) is 42.9 Å². The molecule has 3 aromatic heterocycles. The van der Waals surface area contributed by atoms with Gasteiger partial charge in [-0.15, -0.1) is 0 Å². The fourth-order valence-corrected chi connectivity index (χ4v) is 3.26. The zero-order chi connectivity index (χ0) is 24.9. The third-order valence-corrected chi connectivity index (χ3v) is 5.01. The Hall–Kier alpha value is -4.56. The SMILES string of the molecule is COc1cc(N/C=C\C(=N)N2CCOC(C(O)C(=O)Nc3cnc4c(N)noc4c3)C2=O)ccn1. The topological polar surface area (TPSA) is 202 Å². The van der Waals surface area contributed by atoms with Crippen LogP contribution in [0.1, 0.15) is 0 Å². The van der Waals surface area contributed by atoms with E-state index in [0.717, 1.165) is 4.90 Å². The summed E-state index contributed by atoms with van der Waals surface area (Å²) in [6.45, 7) is 0.111. The van der Waals surface area contributed by atoms with Crippen LogP contribution in [0.15, 0.2) is 47.4 Å². The molecular formula is C21H22N8O6. The van der Waals surface area contributed by atoms with Crippen LogP contribution in [-0.4, -0.2) is 75.3 Å². The lowest BCUT2D eigenvalue weighted by Gasteiger charge is -2.33. The standard InChI is InChI=1S/C21H22N8O6/c1-33-15-9-11(2-4-25-15)24-5-3-14(22)29-6-7-34-18(21(29)32)17(30)20(31)27-12-8-13-16(26-10-12)19(23)28-35-13/h2-5,8-10,17-18,22,30H,6-7H2,1H3,(H2,23,28)(H,24,25)(H,27,31)/b5-3-,22-14?. The Morgan fingerprint density at radius 3 is 3.03 bits per heavy atom. The molecule has 1 fully saturated rings. The van der Waals surface area contributed by atoms with Crippen molar-refractivity contribution < 1.29 is 28.7 Å². The first-order valence-electron chi connectivity index (χ1n) is 10.3. The third-order valence-electron chi connectivity index (χ3n) is 5.01. The van der Waals surface area contributed by atoms with Crippen LogP contribution in [0.2, 0.25) is 0 Å². The summed E-state index contributed by atoms with van der Waals surface area (Å²) in [5, 5.41) is 27.7. The molecule has 1 saturated heterocycles. The Kier molecular flexibility index (Phi) is 6.84. The Bertz CT molecular complexity index is 1290. The zero-order valence-corrected chi connectivity index (χ0v) is 18.5. The van der Waals surface area contributed by atoms with Crippen LogP contribution in [0.3, 0.4) is 0 Å². The van der Waals surface area contributed by atoms with E-state index in [2.05, 4.69) is 25.8 Å². The van der Waals surface area contributed by atoms with Crippen molar-refractivity contribution in [2.45, 2.75) is 12.2 Å². The van der Waals surface area contributed by atoms with Crippen molar-refractivity contribution >= 4 is 45.9 Å². The lowest BCUT2D eigenvalue weighted by molar-refractivity contribution is -0.161. The number of aliphatic hydroxyl groups excluding tert-OH is 1. The number of amidine groups is 1. The van der Waals surface area contributed by atoms with Gasteiger partial charge in [0.25, 0.3) is 11.8 Å². The van der Waals surface area contributed by atoms with Crippen molar-refractivity contribution in [2.24, 2.45) is 0 Å². The number of rotatable bonds is 7. The molecule has 6 N–H and O–H groups in total. The number of carbonyl (C=O) groups excluding carboxylic acids is 2. The molecule has 1 aliphatic heterocycles. The highest BCUT2D eigenvalue weighted by Gasteiger charge is 2.39. The number of hydrogen-bond acceptors (Lipinski definition) is 12. The first-order valence-corrected chi connectivity index (χ1v) is 10.3. The summed E-state index contributed by atoms with van der Waals surface area (Å²) in [7, 11) is 1.50. The minimum absolute atomic E-state index is 0.0246. The van der Waals surface area contributed by atoms with Crippen molar-refractivity contribution in [3.8, 4) is 5.88 Å². The maximum absolute atomic E-state index is 12.9. The van der Waals surface area contributed by atoms with Gasteiger partial charge in [0.1, 0.15) is 5.84 Å². The maximum Gasteiger partial charge on any atom is 0.260 e. The zero-order valence-electron chi connectivity index (χ0n) is 18.5. The number of aliphatic hydroxyl groups is 1. The van der Waals surface area contributed by atoms with E-state index in [4.69, 9.17) is 25.1 Å². The average Bonchev–Trinajstić information content (AvgIpc) is 3.23. The molecule has 4 heterocycles. The number of pyridine rings is 2. The first-order chi connectivity index (χ1) is 16.9. The lowest BCUT2D eigenvalue weighted by atomic mass is 10.1. The number of fused-ring (bicyclic) bond motifs is 1. The minimum atomic E-state index is -1.83. The molecule has 14 nitrogen and oxygen atoms in total. The smallest absolute Gasteiger partial charge is 0.260 e. The van der Waals surface area contributed by atoms with Crippen LogP contribution >= 0.6 is 0 Å². The Labute approximate surface area is 198 Å². The van der Waals surface area contributed by atoms with Gasteiger partial charge in [0, 0.05) is 30.2 Å². The monoisotopic (exact) mass is 482 g/mol. The highest BCUT2D eigenvalue weighted by molar-refractivity contribution is 6.07. The van der Waals surface area contributed by atoms with E-state index < -0.39 is 24.0 Å². The molecule has 0 spiro atoms. The number of aromatic nitrogens is 3. The van der Waals surface area contributed by atoms with E-state index in [1.165, 1.54) is 31.6 Å². The predicted molar refractivity (Wildman–Crippen MR) is 124 cm³/mol. The van der Waals surface area contributed by atoms with Gasteiger partial charge in [0.15, 0.2) is 29.1 Å². The van der Waals surface area contributed by atoms with Gasteiger partial charge in [-0.25, -0.2) is 9.97 Å². The molecule has 2 amide bonds. The molecule has 4 rings (SSSR count). The summed E-state index contributed by atoms with van der Waals surface area (Å²) in [6.07, 6.45) is 2.37. The van der Waals surface area contributed by atoms with Crippen LogP contribution in [0.25, 0.3) is 11.1 Å². The second kappa shape index (κ2) is 10.1. The molecule has 2 unspecified atom stereocenters. The summed E-state index contributed by atoms with van der Waals surface area (Å²) in [5.74, 6) is -1.25. The Morgan fingerprint density at radius 1 is 1.40 bits per heavy atom. The molecule has 0 aromatic carbocycles. The summed E-state index contributed by atoms with van der Waals surface area (Å²) in [4.78, 5) is 34.6. The van der Waals surface area contributed by atoms with Crippen LogP contribution < -0.4 is 21.1 Å². The van der Waals surface area contributed by atoms with Crippen LogP contribution in [0.5, 0.6) is 5.88 Å². The van der Waals surface area contributed by atoms with E-state index in [1.54, 1.807) is 18.3 Å². The molecule has 0 radical (unpaired) electrons. The second-order valence-corrected chi connectivity index (χ2v) is 7.30. The summed E-state index contributed by atoms with van der Waals surface area (Å²) in [6, 6.07) is 4.79. The number of nitrogens with two attached hydrogens (primary N) is 1. The number of carbonyl (C=O) groups is 2. The number of nitrogens with zero attached hydrogens (tertiary/aromatic N) is 4. The van der Waals surface area contributed by atoms with Gasteiger partial charge in [0.2, 0.25) is 5.88 Å². The van der Waals surface area contributed by atoms with Crippen molar-refractivity contribution in [1.82, 2.24) is 20.0 Å². The van der Waals surface area contributed by atoms with Gasteiger partial charge < -0.3 is 35.5 Å². The Morgan fingerprint density at radius 2 is 2.23 bits per heavy atom. The average molecular weight is 482 g/mol. The lowest BCUT2D eigenvalue weighted by Crippen LogP contribution is -2.56. The third kappa shape index (κ3) is 5.18. The van der Waals surface area contributed by atoms with Crippen LogP contribution in [-0.2, 0) is 14.3 Å². The second-order valence-electron chi connectivity index (χ2n) is 7.30. The van der Waals surface area contributed by atoms with Gasteiger partial charge in [-0.05, 0) is 12.1 Å². The van der Waals surface area contributed by atoms with Gasteiger partial charge >= 0.3 is 0 Å². The molecule has 0 saturated carbocycles. The first kappa shape index (κ1) is 23.6. The van der Waals surface area contributed by atoms with E-state index in [0.29, 0.717) is 17.1 Å². The van der Waals surface area contributed by atoms with Gasteiger partial charge in [0.05, 0.1) is 32.1 Å². The van der Waals surface area contributed by atoms with E-state index in [1.807, 2.05) is 0 Å². The van der Waals surface area contributed by atoms with Crippen LogP contribution in [0.4, 0.5) is 17.2 Å². The quantitative estimate of drug-likeness (QED) is 0.229. The van der Waals surface area contributed by atoms with Crippen LogP contribution in [0, 0.1) is 5.41 Å². The normalized spacial score (nSPS) is 16.9. The van der Waals surface area contributed by atoms with Crippen molar-refractivity contribution in [2.75, 3.05) is 36.6 Å². The Balaban J connectivity index is 1.37. The van der Waals surface area contributed by atoms with Crippen molar-refractivity contribution in [1.29, 1.82) is 5.41 Å². The fraction of sp³-hybridized carbons (Fsp3) is 0.238. The van der Waals surface area contributed by atoms with Gasteiger partial charge in [-0.2, -0.15) is 0 Å². The summed E-state index contributed by atoms with van der Waals surface area (Å²) >= 11 is 0. The maximum atomic E-state index is 12.9. The molecule has 2 atom stereocenters. The minimum Gasteiger partial charge on any atom is -0.481 e. The molecular weight excluding hydrogens is 460 g/mol. The fourth-order valence-electron chi connectivity index (χ4n) is 3.26. The van der Waals surface area contributed by atoms with Crippen molar-refractivity contribution in [3.63, 3.8) is 0 Å². The van der Waals surface area contributed by atoms with E-state index in [9.17, 15) is 14.7 Å². The number of hydrogen-bond donors (Lipinski definition) is 5. The van der Waals surface area contributed by atoms with Gasteiger partial charge in [-0.1, -0.05) is 5.16 Å². The highest BCUT2D eigenvalue weighted by Crippen LogP contribution is 2.21. The largest absolute Gasteiger partial charge is 0.481 e. The molecule has 0 bridgehead atoms. The number of morpholine rings is 1. The molecule has 0 aliphatic carbocycles.